The maximum atomic E-state index is 13.7. The third kappa shape index (κ3) is 3.15. The lowest BCUT2D eigenvalue weighted by Crippen LogP contribution is -2.47. The second-order valence-corrected chi connectivity index (χ2v) is 6.04. The third-order valence-corrected chi connectivity index (χ3v) is 4.28. The van der Waals surface area contributed by atoms with Gasteiger partial charge in [-0.3, -0.25) is 10.1 Å². The highest BCUT2D eigenvalue weighted by Gasteiger charge is 2.35. The fourth-order valence-corrected chi connectivity index (χ4v) is 2.90. The number of nitro benzene ring substituents is 1. The first-order valence-electron chi connectivity index (χ1n) is 6.44. The van der Waals surface area contributed by atoms with E-state index < -0.39 is 22.8 Å². The van der Waals surface area contributed by atoms with Crippen molar-refractivity contribution in [3.05, 3.63) is 32.5 Å². The van der Waals surface area contributed by atoms with Gasteiger partial charge >= 0.3 is 5.97 Å². The van der Waals surface area contributed by atoms with E-state index in [2.05, 4.69) is 15.9 Å². The number of rotatable bonds is 3. The highest BCUT2D eigenvalue weighted by atomic mass is 79.9. The molecule has 0 saturated carbocycles. The Kier molecular flexibility index (Phi) is 4.46. The lowest BCUT2D eigenvalue weighted by atomic mass is 9.92. The van der Waals surface area contributed by atoms with Gasteiger partial charge in [0.1, 0.15) is 17.5 Å². The van der Waals surface area contributed by atoms with E-state index in [4.69, 9.17) is 0 Å². The zero-order valence-corrected chi connectivity index (χ0v) is 12.8. The van der Waals surface area contributed by atoms with Crippen molar-refractivity contribution in [3.8, 4) is 0 Å². The molecule has 8 heteroatoms. The minimum atomic E-state index is -1.06. The molecule has 2 unspecified atom stereocenters. The minimum Gasteiger partial charge on any atom is -0.480 e. The summed E-state index contributed by atoms with van der Waals surface area (Å²) in [5.74, 6) is -1.50. The Morgan fingerprint density at radius 3 is 2.81 bits per heavy atom. The number of carbonyl (C=O) groups is 1. The number of hydrogen-bond acceptors (Lipinski definition) is 4. The van der Waals surface area contributed by atoms with E-state index in [9.17, 15) is 24.4 Å². The zero-order chi connectivity index (χ0) is 15.7. The zero-order valence-electron chi connectivity index (χ0n) is 11.3. The van der Waals surface area contributed by atoms with Crippen molar-refractivity contribution in [1.82, 2.24) is 0 Å². The molecule has 1 saturated heterocycles. The van der Waals surface area contributed by atoms with E-state index in [1.807, 2.05) is 6.92 Å². The summed E-state index contributed by atoms with van der Waals surface area (Å²) < 4.78 is 13.7. The minimum absolute atomic E-state index is 0.0139. The van der Waals surface area contributed by atoms with Crippen LogP contribution in [0, 0.1) is 21.8 Å². The van der Waals surface area contributed by atoms with Gasteiger partial charge in [0.05, 0.1) is 9.40 Å². The van der Waals surface area contributed by atoms with Crippen molar-refractivity contribution in [2.75, 3.05) is 11.4 Å². The average molecular weight is 361 g/mol. The molecular weight excluding hydrogens is 347 g/mol. The van der Waals surface area contributed by atoms with Crippen LogP contribution < -0.4 is 4.90 Å². The number of carboxylic acids is 1. The molecule has 1 aromatic rings. The van der Waals surface area contributed by atoms with Crippen molar-refractivity contribution < 1.29 is 19.2 Å². The summed E-state index contributed by atoms with van der Waals surface area (Å²) in [5, 5.41) is 20.5. The molecule has 1 heterocycles. The van der Waals surface area contributed by atoms with Gasteiger partial charge in [0.15, 0.2) is 0 Å². The van der Waals surface area contributed by atoms with Crippen LogP contribution in [0.2, 0.25) is 0 Å². The monoisotopic (exact) mass is 360 g/mol. The standard InChI is InChI=1S/C13H14BrFN2O4/c1-7-2-3-16(12(4-7)13(18)19)10-6-9(15)8(14)5-11(10)17(20)21/h5-7,12H,2-4H2,1H3,(H,18,19). The van der Waals surface area contributed by atoms with Crippen LogP contribution in [0.4, 0.5) is 15.8 Å². The Bertz CT molecular complexity index is 596. The molecule has 0 aliphatic carbocycles. The molecule has 1 aliphatic heterocycles. The van der Waals surface area contributed by atoms with Crippen LogP contribution in [0.15, 0.2) is 16.6 Å². The summed E-state index contributed by atoms with van der Waals surface area (Å²) in [6.07, 6.45) is 1.09. The van der Waals surface area contributed by atoms with Crippen LogP contribution in [0.1, 0.15) is 19.8 Å². The molecule has 0 amide bonds. The smallest absolute Gasteiger partial charge is 0.326 e. The van der Waals surface area contributed by atoms with Crippen LogP contribution in [0.3, 0.4) is 0 Å². The van der Waals surface area contributed by atoms with Crippen molar-refractivity contribution in [3.63, 3.8) is 0 Å². The summed E-state index contributed by atoms with van der Waals surface area (Å²) in [6, 6.07) is 1.21. The van der Waals surface area contributed by atoms with Gasteiger partial charge in [0.2, 0.25) is 0 Å². The number of benzene rings is 1. The number of aliphatic carboxylic acids is 1. The van der Waals surface area contributed by atoms with Gasteiger partial charge < -0.3 is 10.0 Å². The van der Waals surface area contributed by atoms with Gasteiger partial charge in [-0.25, -0.2) is 9.18 Å². The van der Waals surface area contributed by atoms with E-state index in [0.717, 1.165) is 12.1 Å². The number of halogens is 2. The fraction of sp³-hybridized carbons (Fsp3) is 0.462. The lowest BCUT2D eigenvalue weighted by Gasteiger charge is -2.37. The summed E-state index contributed by atoms with van der Waals surface area (Å²) in [6.45, 7) is 2.28. The molecule has 0 aromatic heterocycles. The molecule has 1 fully saturated rings. The molecular formula is C13H14BrFN2O4. The molecule has 0 spiro atoms. The molecule has 6 nitrogen and oxygen atoms in total. The highest BCUT2D eigenvalue weighted by molar-refractivity contribution is 9.10. The fourth-order valence-electron chi connectivity index (χ4n) is 2.57. The van der Waals surface area contributed by atoms with Crippen molar-refractivity contribution in [2.24, 2.45) is 5.92 Å². The van der Waals surface area contributed by atoms with Crippen LogP contribution in [0.25, 0.3) is 0 Å². The molecule has 2 rings (SSSR count). The molecule has 1 aromatic carbocycles. The average Bonchev–Trinajstić information content (AvgIpc) is 2.41. The van der Waals surface area contributed by atoms with E-state index in [0.29, 0.717) is 19.4 Å². The molecule has 1 N–H and O–H groups in total. The van der Waals surface area contributed by atoms with E-state index in [1.165, 1.54) is 4.90 Å². The van der Waals surface area contributed by atoms with E-state index in [-0.39, 0.29) is 21.8 Å². The van der Waals surface area contributed by atoms with Crippen molar-refractivity contribution >= 4 is 33.3 Å². The molecule has 21 heavy (non-hydrogen) atoms. The highest BCUT2D eigenvalue weighted by Crippen LogP contribution is 2.37. The Balaban J connectivity index is 2.50. The number of anilines is 1. The maximum Gasteiger partial charge on any atom is 0.326 e. The predicted molar refractivity (Wildman–Crippen MR) is 77.9 cm³/mol. The van der Waals surface area contributed by atoms with Crippen LogP contribution in [-0.4, -0.2) is 28.6 Å². The van der Waals surface area contributed by atoms with Crippen molar-refractivity contribution in [1.29, 1.82) is 0 Å². The SMILES string of the molecule is CC1CCN(c2cc(F)c(Br)cc2[N+](=O)[O-])C(C(=O)O)C1. The maximum absolute atomic E-state index is 13.7. The molecule has 0 bridgehead atoms. The Morgan fingerprint density at radius 1 is 1.57 bits per heavy atom. The molecule has 2 atom stereocenters. The molecule has 114 valence electrons. The molecule has 0 radical (unpaired) electrons. The van der Waals surface area contributed by atoms with E-state index in [1.54, 1.807) is 0 Å². The van der Waals surface area contributed by atoms with Gasteiger partial charge in [0, 0.05) is 18.7 Å². The number of nitrogens with zero attached hydrogens (tertiary/aromatic N) is 2. The molecule has 1 aliphatic rings. The van der Waals surface area contributed by atoms with Crippen LogP contribution in [-0.2, 0) is 4.79 Å². The number of carboxylic acid groups (broad SMARTS) is 1. The van der Waals surface area contributed by atoms with Crippen LogP contribution >= 0.6 is 15.9 Å². The Hall–Kier alpha value is -1.70. The first-order chi connectivity index (χ1) is 9.81. The Labute approximate surface area is 128 Å². The van der Waals surface area contributed by atoms with Crippen LogP contribution in [0.5, 0.6) is 0 Å². The summed E-state index contributed by atoms with van der Waals surface area (Å²) in [4.78, 5) is 23.3. The first-order valence-corrected chi connectivity index (χ1v) is 7.23. The number of nitro groups is 1. The second-order valence-electron chi connectivity index (χ2n) is 5.19. The quantitative estimate of drug-likeness (QED) is 0.660. The van der Waals surface area contributed by atoms with Crippen molar-refractivity contribution in [2.45, 2.75) is 25.8 Å². The normalized spacial score (nSPS) is 22.1. The largest absolute Gasteiger partial charge is 0.480 e. The first kappa shape index (κ1) is 15.7. The lowest BCUT2D eigenvalue weighted by molar-refractivity contribution is -0.384. The predicted octanol–water partition coefficient (Wildman–Crippen LogP) is 3.19. The number of hydrogen-bond donors (Lipinski definition) is 1. The second kappa shape index (κ2) is 5.97. The summed E-state index contributed by atoms with van der Waals surface area (Å²) >= 11 is 2.91. The van der Waals surface area contributed by atoms with Gasteiger partial charge in [-0.2, -0.15) is 0 Å². The third-order valence-electron chi connectivity index (χ3n) is 3.67. The van der Waals surface area contributed by atoms with Gasteiger partial charge in [-0.15, -0.1) is 0 Å². The summed E-state index contributed by atoms with van der Waals surface area (Å²) in [7, 11) is 0. The summed E-state index contributed by atoms with van der Waals surface area (Å²) in [5.41, 5.74) is -0.288. The van der Waals surface area contributed by atoms with Gasteiger partial charge in [-0.05, 0) is 34.7 Å². The number of piperidine rings is 1. The van der Waals surface area contributed by atoms with Gasteiger partial charge in [0.25, 0.3) is 5.69 Å². The topological polar surface area (TPSA) is 83.7 Å². The van der Waals surface area contributed by atoms with E-state index >= 15 is 0 Å². The Morgan fingerprint density at radius 2 is 2.24 bits per heavy atom. The van der Waals surface area contributed by atoms with Gasteiger partial charge in [-0.1, -0.05) is 6.92 Å².